The van der Waals surface area contributed by atoms with Gasteiger partial charge in [-0.05, 0) is 63.4 Å². The largest absolute Gasteiger partial charge is 0.475 e. The summed E-state index contributed by atoms with van der Waals surface area (Å²) in [6.45, 7) is 10.9. The molecular weight excluding hydrogens is 402 g/mol. The first kappa shape index (κ1) is 25.4. The molecule has 0 aliphatic rings. The van der Waals surface area contributed by atoms with Crippen LogP contribution in [0.3, 0.4) is 0 Å². The minimum absolute atomic E-state index is 0.0909. The fraction of sp³-hybridized carbons (Fsp3) is 0.462. The number of benzene rings is 2. The number of nitrogens with zero attached hydrogens (tertiary/aromatic N) is 1. The molecule has 0 fully saturated rings. The highest BCUT2D eigenvalue weighted by Gasteiger charge is 2.25. The molecule has 1 amide bonds. The topological polar surface area (TPSA) is 74.7 Å². The summed E-state index contributed by atoms with van der Waals surface area (Å²) in [6.07, 6.45) is 0.372. The number of hydrogen-bond acceptors (Lipinski definition) is 5. The fourth-order valence-electron chi connectivity index (χ4n) is 3.45. The third kappa shape index (κ3) is 8.71. The summed E-state index contributed by atoms with van der Waals surface area (Å²) in [6, 6.07) is 17.6. The Morgan fingerprint density at radius 2 is 1.66 bits per heavy atom. The first-order chi connectivity index (χ1) is 15.0. The molecule has 2 aromatic rings. The van der Waals surface area contributed by atoms with Gasteiger partial charge in [0.25, 0.3) is 0 Å². The molecule has 0 radical (unpaired) electrons. The predicted molar refractivity (Wildman–Crippen MR) is 130 cm³/mol. The normalized spacial score (nSPS) is 12.5. The first-order valence-electron chi connectivity index (χ1n) is 11.1. The second-order valence-corrected chi connectivity index (χ2v) is 9.38. The SMILES string of the molecule is CC(C)[C@@H](C(=N)OCc1ccccc1)N(C)CCc1ccc(NC(=O)OC(C)(C)C)cc1. The van der Waals surface area contributed by atoms with Gasteiger partial charge in [0.15, 0.2) is 5.90 Å². The number of amides is 1. The van der Waals surface area contributed by atoms with Crippen LogP contribution in [0.4, 0.5) is 10.5 Å². The summed E-state index contributed by atoms with van der Waals surface area (Å²) in [4.78, 5) is 14.1. The van der Waals surface area contributed by atoms with Crippen LogP contribution in [0.5, 0.6) is 0 Å². The van der Waals surface area contributed by atoms with E-state index in [-0.39, 0.29) is 12.0 Å². The van der Waals surface area contributed by atoms with Crippen molar-refractivity contribution in [2.24, 2.45) is 5.92 Å². The highest BCUT2D eigenvalue weighted by atomic mass is 16.6. The lowest BCUT2D eigenvalue weighted by molar-refractivity contribution is 0.0636. The Balaban J connectivity index is 1.87. The van der Waals surface area contributed by atoms with Crippen LogP contribution in [-0.4, -0.2) is 42.1 Å². The van der Waals surface area contributed by atoms with Crippen molar-refractivity contribution < 1.29 is 14.3 Å². The molecule has 0 unspecified atom stereocenters. The van der Waals surface area contributed by atoms with E-state index in [2.05, 4.69) is 24.1 Å². The Labute approximate surface area is 192 Å². The number of carbonyl (C=O) groups excluding carboxylic acids is 1. The zero-order chi connectivity index (χ0) is 23.7. The van der Waals surface area contributed by atoms with Gasteiger partial charge in [0.1, 0.15) is 12.2 Å². The quantitative estimate of drug-likeness (QED) is 0.387. The molecule has 174 valence electrons. The van der Waals surface area contributed by atoms with E-state index in [1.165, 1.54) is 0 Å². The highest BCUT2D eigenvalue weighted by molar-refractivity contribution is 5.84. The zero-order valence-corrected chi connectivity index (χ0v) is 20.1. The van der Waals surface area contributed by atoms with E-state index in [4.69, 9.17) is 14.9 Å². The number of carbonyl (C=O) groups is 1. The van der Waals surface area contributed by atoms with Crippen molar-refractivity contribution >= 4 is 17.7 Å². The smallest absolute Gasteiger partial charge is 0.412 e. The van der Waals surface area contributed by atoms with Gasteiger partial charge >= 0.3 is 6.09 Å². The van der Waals surface area contributed by atoms with Crippen molar-refractivity contribution in [2.45, 2.75) is 59.3 Å². The average Bonchev–Trinajstić information content (AvgIpc) is 2.71. The van der Waals surface area contributed by atoms with Crippen molar-refractivity contribution in [2.75, 3.05) is 18.9 Å². The fourth-order valence-corrected chi connectivity index (χ4v) is 3.45. The van der Waals surface area contributed by atoms with Gasteiger partial charge in [0.2, 0.25) is 0 Å². The molecule has 1 atom stereocenters. The van der Waals surface area contributed by atoms with Crippen LogP contribution in [0.25, 0.3) is 0 Å². The van der Waals surface area contributed by atoms with E-state index >= 15 is 0 Å². The maximum Gasteiger partial charge on any atom is 0.412 e. The Bertz CT molecular complexity index is 858. The third-order valence-electron chi connectivity index (χ3n) is 4.96. The Morgan fingerprint density at radius 3 is 2.22 bits per heavy atom. The van der Waals surface area contributed by atoms with Gasteiger partial charge in [-0.3, -0.25) is 15.6 Å². The minimum atomic E-state index is -0.528. The van der Waals surface area contributed by atoms with Crippen LogP contribution in [0.1, 0.15) is 45.7 Å². The lowest BCUT2D eigenvalue weighted by atomic mass is 10.0. The van der Waals surface area contributed by atoms with E-state index in [1.807, 2.05) is 82.4 Å². The Kier molecular flexibility index (Phi) is 9.27. The van der Waals surface area contributed by atoms with Crippen molar-refractivity contribution in [3.05, 3.63) is 65.7 Å². The highest BCUT2D eigenvalue weighted by Crippen LogP contribution is 2.16. The van der Waals surface area contributed by atoms with Gasteiger partial charge in [-0.25, -0.2) is 4.79 Å². The number of likely N-dealkylation sites (N-methyl/N-ethyl adjacent to an activating group) is 1. The van der Waals surface area contributed by atoms with Gasteiger partial charge in [-0.1, -0.05) is 56.3 Å². The van der Waals surface area contributed by atoms with E-state index in [9.17, 15) is 4.79 Å². The van der Waals surface area contributed by atoms with Crippen LogP contribution in [-0.2, 0) is 22.5 Å². The summed E-state index contributed by atoms with van der Waals surface area (Å²) in [5.74, 6) is 0.548. The van der Waals surface area contributed by atoms with Crippen molar-refractivity contribution in [3.8, 4) is 0 Å². The standard InChI is InChI=1S/C26H37N3O3/c1-19(2)23(24(27)31-18-21-10-8-7-9-11-21)29(6)17-16-20-12-14-22(15-13-20)28-25(30)32-26(3,4)5/h7-15,19,23,27H,16-18H2,1-6H3,(H,28,30)/t23-/m0/s1. The predicted octanol–water partition coefficient (Wildman–Crippen LogP) is 5.73. The molecule has 2 aromatic carbocycles. The monoisotopic (exact) mass is 439 g/mol. The number of rotatable bonds is 9. The van der Waals surface area contributed by atoms with E-state index in [0.717, 1.165) is 24.1 Å². The van der Waals surface area contributed by atoms with Gasteiger partial charge in [0, 0.05) is 12.2 Å². The second kappa shape index (κ2) is 11.7. The van der Waals surface area contributed by atoms with Crippen LogP contribution < -0.4 is 5.32 Å². The lowest BCUT2D eigenvalue weighted by Gasteiger charge is -2.31. The molecular formula is C26H37N3O3. The molecule has 32 heavy (non-hydrogen) atoms. The third-order valence-corrected chi connectivity index (χ3v) is 4.96. The number of hydrogen-bond donors (Lipinski definition) is 2. The second-order valence-electron chi connectivity index (χ2n) is 9.38. The number of anilines is 1. The molecule has 2 rings (SSSR count). The minimum Gasteiger partial charge on any atom is -0.475 e. The van der Waals surface area contributed by atoms with Crippen LogP contribution in [0, 0.1) is 11.3 Å². The molecule has 0 saturated heterocycles. The molecule has 0 heterocycles. The van der Waals surface area contributed by atoms with E-state index < -0.39 is 11.7 Å². The van der Waals surface area contributed by atoms with Crippen LogP contribution >= 0.6 is 0 Å². The van der Waals surface area contributed by atoms with Gasteiger partial charge in [-0.15, -0.1) is 0 Å². The summed E-state index contributed by atoms with van der Waals surface area (Å²) in [5.41, 5.74) is 2.39. The first-order valence-corrected chi connectivity index (χ1v) is 11.1. The lowest BCUT2D eigenvalue weighted by Crippen LogP contribution is -2.44. The Morgan fingerprint density at radius 1 is 1.03 bits per heavy atom. The van der Waals surface area contributed by atoms with E-state index in [0.29, 0.717) is 18.2 Å². The molecule has 0 aromatic heterocycles. The van der Waals surface area contributed by atoms with Crippen LogP contribution in [0.15, 0.2) is 54.6 Å². The molecule has 2 N–H and O–H groups in total. The number of nitrogens with one attached hydrogen (secondary N) is 2. The summed E-state index contributed by atoms with van der Waals surface area (Å²) < 4.78 is 11.1. The van der Waals surface area contributed by atoms with Crippen LogP contribution in [0.2, 0.25) is 0 Å². The van der Waals surface area contributed by atoms with Gasteiger partial charge < -0.3 is 9.47 Å². The Hall–Kier alpha value is -2.86. The van der Waals surface area contributed by atoms with E-state index in [1.54, 1.807) is 0 Å². The molecule has 0 bridgehead atoms. The summed E-state index contributed by atoms with van der Waals surface area (Å²) in [7, 11) is 2.03. The van der Waals surface area contributed by atoms with Crippen molar-refractivity contribution in [1.82, 2.24) is 4.90 Å². The molecule has 0 aliphatic heterocycles. The maximum atomic E-state index is 11.9. The molecule has 0 spiro atoms. The molecule has 6 nitrogen and oxygen atoms in total. The van der Waals surface area contributed by atoms with Crippen molar-refractivity contribution in [1.29, 1.82) is 5.41 Å². The van der Waals surface area contributed by atoms with Crippen molar-refractivity contribution in [3.63, 3.8) is 0 Å². The maximum absolute atomic E-state index is 11.9. The summed E-state index contributed by atoms with van der Waals surface area (Å²) >= 11 is 0. The average molecular weight is 440 g/mol. The molecule has 0 saturated carbocycles. The zero-order valence-electron chi connectivity index (χ0n) is 20.1. The van der Waals surface area contributed by atoms with Gasteiger partial charge in [0.05, 0.1) is 6.04 Å². The number of ether oxygens (including phenoxy) is 2. The van der Waals surface area contributed by atoms with Gasteiger partial charge in [-0.2, -0.15) is 0 Å². The molecule has 6 heteroatoms. The summed E-state index contributed by atoms with van der Waals surface area (Å²) in [5, 5.41) is 11.2. The molecule has 0 aliphatic carbocycles.